The summed E-state index contributed by atoms with van der Waals surface area (Å²) in [6, 6.07) is 0. The minimum absolute atomic E-state index is 0.139. The topological polar surface area (TPSA) is 61.0 Å². The van der Waals surface area contributed by atoms with Gasteiger partial charge in [-0.15, -0.1) is 0 Å². The van der Waals surface area contributed by atoms with Gasteiger partial charge < -0.3 is 10.3 Å². The molecule has 0 radical (unpaired) electrons. The van der Waals surface area contributed by atoms with Crippen molar-refractivity contribution in [1.29, 1.82) is 0 Å². The SMILES string of the molecule is Cc1ncc(CN2CC[C@H](CNC(=O)C(C)(C)C)C2)[nH]1. The van der Waals surface area contributed by atoms with Crippen LogP contribution in [0.4, 0.5) is 0 Å². The number of aryl methyl sites for hydroxylation is 1. The Labute approximate surface area is 121 Å². The molecular weight excluding hydrogens is 252 g/mol. The van der Waals surface area contributed by atoms with E-state index in [0.717, 1.165) is 38.4 Å². The van der Waals surface area contributed by atoms with E-state index in [9.17, 15) is 4.79 Å². The van der Waals surface area contributed by atoms with Crippen molar-refractivity contribution in [1.82, 2.24) is 20.2 Å². The number of hydrogen-bond acceptors (Lipinski definition) is 3. The number of likely N-dealkylation sites (tertiary alicyclic amines) is 1. The van der Waals surface area contributed by atoms with Crippen molar-refractivity contribution in [2.45, 2.75) is 40.7 Å². The molecule has 0 bridgehead atoms. The van der Waals surface area contributed by atoms with E-state index in [2.05, 4.69) is 20.2 Å². The summed E-state index contributed by atoms with van der Waals surface area (Å²) in [5, 5.41) is 3.07. The molecule has 0 spiro atoms. The van der Waals surface area contributed by atoms with Gasteiger partial charge in [-0.1, -0.05) is 20.8 Å². The summed E-state index contributed by atoms with van der Waals surface area (Å²) in [7, 11) is 0. The fraction of sp³-hybridized carbons (Fsp3) is 0.733. The lowest BCUT2D eigenvalue weighted by Gasteiger charge is -2.20. The van der Waals surface area contributed by atoms with Crippen LogP contribution < -0.4 is 5.32 Å². The maximum Gasteiger partial charge on any atom is 0.225 e. The zero-order chi connectivity index (χ0) is 14.8. The summed E-state index contributed by atoms with van der Waals surface area (Å²) >= 11 is 0. The Bertz CT molecular complexity index is 461. The van der Waals surface area contributed by atoms with Crippen LogP contribution in [-0.4, -0.2) is 40.4 Å². The van der Waals surface area contributed by atoms with Crippen molar-refractivity contribution < 1.29 is 4.79 Å². The summed E-state index contributed by atoms with van der Waals surface area (Å²) in [4.78, 5) is 21.8. The maximum absolute atomic E-state index is 11.9. The van der Waals surface area contributed by atoms with Crippen molar-refractivity contribution in [3.63, 3.8) is 0 Å². The van der Waals surface area contributed by atoms with Gasteiger partial charge in [0.15, 0.2) is 0 Å². The number of H-pyrrole nitrogens is 1. The second kappa shape index (κ2) is 5.95. The average molecular weight is 278 g/mol. The highest BCUT2D eigenvalue weighted by Gasteiger charge is 2.26. The van der Waals surface area contributed by atoms with E-state index in [-0.39, 0.29) is 11.3 Å². The fourth-order valence-electron chi connectivity index (χ4n) is 2.52. The summed E-state index contributed by atoms with van der Waals surface area (Å²) in [6.45, 7) is 11.7. The molecule has 1 atom stereocenters. The number of rotatable bonds is 4. The number of carbonyl (C=O) groups is 1. The van der Waals surface area contributed by atoms with Gasteiger partial charge in [0.25, 0.3) is 0 Å². The van der Waals surface area contributed by atoms with E-state index in [0.29, 0.717) is 5.92 Å². The van der Waals surface area contributed by atoms with Crippen LogP contribution in [0.25, 0.3) is 0 Å². The van der Waals surface area contributed by atoms with Crippen LogP contribution >= 0.6 is 0 Å². The standard InChI is InChI=1S/C15H26N4O/c1-11-16-8-13(18-11)10-19-6-5-12(9-19)7-17-14(20)15(2,3)4/h8,12H,5-7,9-10H2,1-4H3,(H,16,18)(H,17,20)/t12-/m1/s1. The van der Waals surface area contributed by atoms with Crippen LogP contribution in [0.15, 0.2) is 6.20 Å². The van der Waals surface area contributed by atoms with Gasteiger partial charge >= 0.3 is 0 Å². The molecule has 1 amide bonds. The Morgan fingerprint density at radius 2 is 2.30 bits per heavy atom. The molecule has 2 N–H and O–H groups in total. The quantitative estimate of drug-likeness (QED) is 0.881. The Hall–Kier alpha value is -1.36. The predicted molar refractivity (Wildman–Crippen MR) is 79.2 cm³/mol. The van der Waals surface area contributed by atoms with Crippen LogP contribution in [-0.2, 0) is 11.3 Å². The van der Waals surface area contributed by atoms with Crippen molar-refractivity contribution in [2.24, 2.45) is 11.3 Å². The van der Waals surface area contributed by atoms with Crippen LogP contribution in [0.3, 0.4) is 0 Å². The molecule has 2 rings (SSSR count). The summed E-state index contributed by atoms with van der Waals surface area (Å²) < 4.78 is 0. The van der Waals surface area contributed by atoms with Crippen LogP contribution in [0.5, 0.6) is 0 Å². The second-order valence-electron chi connectivity index (χ2n) is 6.84. The molecule has 0 saturated carbocycles. The smallest absolute Gasteiger partial charge is 0.225 e. The highest BCUT2D eigenvalue weighted by molar-refractivity contribution is 5.81. The van der Waals surface area contributed by atoms with E-state index in [1.807, 2.05) is 33.9 Å². The molecule has 5 nitrogen and oxygen atoms in total. The first-order chi connectivity index (χ1) is 9.34. The van der Waals surface area contributed by atoms with Crippen molar-refractivity contribution in [3.8, 4) is 0 Å². The predicted octanol–water partition coefficient (Wildman–Crippen LogP) is 1.70. The van der Waals surface area contributed by atoms with Gasteiger partial charge in [-0.3, -0.25) is 9.69 Å². The Balaban J connectivity index is 1.74. The van der Waals surface area contributed by atoms with Crippen molar-refractivity contribution >= 4 is 5.91 Å². The number of amides is 1. The van der Waals surface area contributed by atoms with Gasteiger partial charge in [-0.05, 0) is 25.8 Å². The third-order valence-electron chi connectivity index (χ3n) is 3.75. The molecule has 1 aliphatic rings. The lowest BCUT2D eigenvalue weighted by Crippen LogP contribution is -2.38. The summed E-state index contributed by atoms with van der Waals surface area (Å²) in [5.74, 6) is 1.67. The van der Waals surface area contributed by atoms with E-state index in [1.165, 1.54) is 5.69 Å². The number of nitrogens with zero attached hydrogens (tertiary/aromatic N) is 2. The molecule has 1 aromatic heterocycles. The Morgan fingerprint density at radius 3 is 2.90 bits per heavy atom. The van der Waals surface area contributed by atoms with E-state index >= 15 is 0 Å². The number of aromatic nitrogens is 2. The molecule has 1 aromatic rings. The molecule has 20 heavy (non-hydrogen) atoms. The molecule has 1 saturated heterocycles. The largest absolute Gasteiger partial charge is 0.355 e. The van der Waals surface area contributed by atoms with Crippen LogP contribution in [0.1, 0.15) is 38.7 Å². The first-order valence-corrected chi connectivity index (χ1v) is 7.36. The van der Waals surface area contributed by atoms with E-state index in [1.54, 1.807) is 0 Å². The average Bonchev–Trinajstić information content (AvgIpc) is 2.95. The molecule has 0 unspecified atom stereocenters. The number of hydrogen-bond donors (Lipinski definition) is 2. The van der Waals surface area contributed by atoms with Gasteiger partial charge in [0.1, 0.15) is 5.82 Å². The van der Waals surface area contributed by atoms with Gasteiger partial charge in [0, 0.05) is 36.9 Å². The molecule has 0 aliphatic carbocycles. The second-order valence-corrected chi connectivity index (χ2v) is 6.84. The van der Waals surface area contributed by atoms with E-state index in [4.69, 9.17) is 0 Å². The lowest BCUT2D eigenvalue weighted by atomic mass is 9.95. The third kappa shape index (κ3) is 4.07. The van der Waals surface area contributed by atoms with Crippen LogP contribution in [0.2, 0.25) is 0 Å². The van der Waals surface area contributed by atoms with E-state index < -0.39 is 0 Å². The molecular formula is C15H26N4O. The molecule has 5 heteroatoms. The van der Waals surface area contributed by atoms with Crippen molar-refractivity contribution in [2.75, 3.05) is 19.6 Å². The highest BCUT2D eigenvalue weighted by Crippen LogP contribution is 2.18. The van der Waals surface area contributed by atoms with Gasteiger partial charge in [-0.25, -0.2) is 4.98 Å². The normalized spacial score (nSPS) is 20.3. The first kappa shape index (κ1) is 15.0. The summed E-state index contributed by atoms with van der Waals surface area (Å²) in [5.41, 5.74) is 0.869. The zero-order valence-electron chi connectivity index (χ0n) is 13.0. The number of nitrogens with one attached hydrogen (secondary N) is 2. The lowest BCUT2D eigenvalue weighted by molar-refractivity contribution is -0.128. The van der Waals surface area contributed by atoms with Crippen molar-refractivity contribution in [3.05, 3.63) is 17.7 Å². The summed E-state index contributed by atoms with van der Waals surface area (Å²) in [6.07, 6.45) is 3.06. The fourth-order valence-corrected chi connectivity index (χ4v) is 2.52. The first-order valence-electron chi connectivity index (χ1n) is 7.36. The number of aromatic amines is 1. The van der Waals surface area contributed by atoms with Crippen LogP contribution in [0, 0.1) is 18.3 Å². The number of carbonyl (C=O) groups excluding carboxylic acids is 1. The van der Waals surface area contributed by atoms with Gasteiger partial charge in [0.05, 0.1) is 0 Å². The monoisotopic (exact) mass is 278 g/mol. The molecule has 1 fully saturated rings. The molecule has 112 valence electrons. The Morgan fingerprint density at radius 1 is 1.55 bits per heavy atom. The molecule has 1 aliphatic heterocycles. The Kier molecular flexibility index (Phi) is 4.48. The third-order valence-corrected chi connectivity index (χ3v) is 3.75. The minimum atomic E-state index is -0.300. The molecule has 0 aromatic carbocycles. The number of imidazole rings is 1. The van der Waals surface area contributed by atoms with Gasteiger partial charge in [-0.2, -0.15) is 0 Å². The molecule has 2 heterocycles. The zero-order valence-corrected chi connectivity index (χ0v) is 13.0. The highest BCUT2D eigenvalue weighted by atomic mass is 16.2. The maximum atomic E-state index is 11.9. The minimum Gasteiger partial charge on any atom is -0.355 e. The van der Waals surface area contributed by atoms with Gasteiger partial charge in [0.2, 0.25) is 5.91 Å².